The molecule has 0 bridgehead atoms. The van der Waals surface area contributed by atoms with Crippen molar-refractivity contribution in [2.75, 3.05) is 39.4 Å². The Balaban J connectivity index is 1.85. The van der Waals surface area contributed by atoms with Crippen LogP contribution in [-0.2, 0) is 14.3 Å². The number of amides is 1. The minimum absolute atomic E-state index is 0.154. The monoisotopic (exact) mass is 350 g/mol. The van der Waals surface area contributed by atoms with Gasteiger partial charge in [-0.05, 0) is 30.5 Å². The standard InChI is InChI=1S/C18H23FN2O4/c19-15-5-1-3-13(11-15)16(20-7-9-25-10-8-20)17(22)21-6-2-4-14(12-21)18(23)24/h1,3,5,11,14,16H,2,4,6-10,12H2,(H,23,24). The van der Waals surface area contributed by atoms with Crippen LogP contribution in [0, 0.1) is 11.7 Å². The molecule has 136 valence electrons. The largest absolute Gasteiger partial charge is 0.481 e. The van der Waals surface area contributed by atoms with Gasteiger partial charge >= 0.3 is 5.97 Å². The van der Waals surface area contributed by atoms with E-state index in [9.17, 15) is 19.1 Å². The van der Waals surface area contributed by atoms with E-state index >= 15 is 0 Å². The van der Waals surface area contributed by atoms with Gasteiger partial charge in [0.15, 0.2) is 0 Å². The predicted octanol–water partition coefficient (Wildman–Crippen LogP) is 1.52. The van der Waals surface area contributed by atoms with Crippen molar-refractivity contribution in [2.24, 2.45) is 5.92 Å². The number of hydrogen-bond acceptors (Lipinski definition) is 4. The van der Waals surface area contributed by atoms with Gasteiger partial charge in [-0.3, -0.25) is 14.5 Å². The second-order valence-electron chi connectivity index (χ2n) is 6.57. The van der Waals surface area contributed by atoms with Crippen molar-refractivity contribution >= 4 is 11.9 Å². The number of carbonyl (C=O) groups excluding carboxylic acids is 1. The molecular formula is C18H23FN2O4. The summed E-state index contributed by atoms with van der Waals surface area (Å²) in [6.07, 6.45) is 1.25. The van der Waals surface area contributed by atoms with Crippen LogP contribution in [0.2, 0.25) is 0 Å². The highest BCUT2D eigenvalue weighted by Gasteiger charge is 2.36. The van der Waals surface area contributed by atoms with Crippen LogP contribution in [0.5, 0.6) is 0 Å². The Morgan fingerprint density at radius 2 is 2.00 bits per heavy atom. The molecule has 2 fully saturated rings. The number of benzene rings is 1. The fourth-order valence-corrected chi connectivity index (χ4v) is 3.57. The molecule has 2 aliphatic rings. The minimum atomic E-state index is -0.869. The van der Waals surface area contributed by atoms with Crippen LogP contribution in [-0.4, -0.2) is 66.2 Å². The Morgan fingerprint density at radius 1 is 1.24 bits per heavy atom. The fraction of sp³-hybridized carbons (Fsp3) is 0.556. The third-order valence-corrected chi connectivity index (χ3v) is 4.89. The van der Waals surface area contributed by atoms with E-state index in [-0.39, 0.29) is 18.3 Å². The van der Waals surface area contributed by atoms with Crippen LogP contribution >= 0.6 is 0 Å². The van der Waals surface area contributed by atoms with E-state index in [0.717, 1.165) is 0 Å². The van der Waals surface area contributed by atoms with Crippen LogP contribution in [0.1, 0.15) is 24.4 Å². The number of carboxylic acid groups (broad SMARTS) is 1. The Kier molecular flexibility index (Phi) is 5.65. The van der Waals surface area contributed by atoms with Gasteiger partial charge in [0.1, 0.15) is 11.9 Å². The zero-order valence-corrected chi connectivity index (χ0v) is 14.1. The van der Waals surface area contributed by atoms with Crippen molar-refractivity contribution < 1.29 is 23.8 Å². The van der Waals surface area contributed by atoms with Gasteiger partial charge in [0.05, 0.1) is 19.1 Å². The summed E-state index contributed by atoms with van der Waals surface area (Å²) in [5.41, 5.74) is 0.601. The molecule has 1 amide bonds. The van der Waals surface area contributed by atoms with Crippen LogP contribution in [0.15, 0.2) is 24.3 Å². The van der Waals surface area contributed by atoms with Gasteiger partial charge in [0, 0.05) is 26.2 Å². The molecule has 2 atom stereocenters. The molecular weight excluding hydrogens is 327 g/mol. The number of halogens is 1. The first-order chi connectivity index (χ1) is 12.1. The number of rotatable bonds is 4. The molecule has 0 aromatic heterocycles. The molecule has 3 rings (SSSR count). The normalized spacial score (nSPS) is 23.2. The van der Waals surface area contributed by atoms with E-state index in [1.165, 1.54) is 12.1 Å². The number of likely N-dealkylation sites (tertiary alicyclic amines) is 1. The van der Waals surface area contributed by atoms with Gasteiger partial charge in [-0.25, -0.2) is 4.39 Å². The average molecular weight is 350 g/mol. The molecule has 2 saturated heterocycles. The topological polar surface area (TPSA) is 70.1 Å². The third kappa shape index (κ3) is 4.16. The maximum Gasteiger partial charge on any atom is 0.308 e. The van der Waals surface area contributed by atoms with Crippen molar-refractivity contribution in [3.05, 3.63) is 35.6 Å². The summed E-state index contributed by atoms with van der Waals surface area (Å²) in [4.78, 5) is 28.1. The zero-order chi connectivity index (χ0) is 17.8. The first kappa shape index (κ1) is 17.8. The number of carbonyl (C=O) groups is 2. The molecule has 1 N–H and O–H groups in total. The predicted molar refractivity (Wildman–Crippen MR) is 88.5 cm³/mol. The highest BCUT2D eigenvalue weighted by Crippen LogP contribution is 2.27. The van der Waals surface area contributed by atoms with E-state index in [1.54, 1.807) is 17.0 Å². The second kappa shape index (κ2) is 7.93. The number of ether oxygens (including phenoxy) is 1. The summed E-state index contributed by atoms with van der Waals surface area (Å²) < 4.78 is 19.1. The van der Waals surface area contributed by atoms with E-state index in [1.807, 2.05) is 4.90 Å². The van der Waals surface area contributed by atoms with E-state index < -0.39 is 17.9 Å². The highest BCUT2D eigenvalue weighted by molar-refractivity contribution is 5.84. The third-order valence-electron chi connectivity index (χ3n) is 4.89. The van der Waals surface area contributed by atoms with E-state index in [2.05, 4.69) is 0 Å². The summed E-state index contributed by atoms with van der Waals surface area (Å²) in [5.74, 6) is -1.94. The molecule has 0 saturated carbocycles. The van der Waals surface area contributed by atoms with Gasteiger partial charge in [0.2, 0.25) is 5.91 Å². The molecule has 2 heterocycles. The van der Waals surface area contributed by atoms with Crippen molar-refractivity contribution in [2.45, 2.75) is 18.9 Å². The molecule has 6 nitrogen and oxygen atoms in total. The lowest BCUT2D eigenvalue weighted by molar-refractivity contribution is -0.148. The summed E-state index contributed by atoms with van der Waals surface area (Å²) in [6.45, 7) is 2.98. The number of carboxylic acids is 1. The van der Waals surface area contributed by atoms with Gasteiger partial charge < -0.3 is 14.7 Å². The Labute approximate surface area is 146 Å². The first-order valence-electron chi connectivity index (χ1n) is 8.65. The molecule has 0 aliphatic carbocycles. The maximum absolute atomic E-state index is 13.7. The fourth-order valence-electron chi connectivity index (χ4n) is 3.57. The smallest absolute Gasteiger partial charge is 0.308 e. The quantitative estimate of drug-likeness (QED) is 0.892. The number of nitrogens with zero attached hydrogens (tertiary/aromatic N) is 2. The van der Waals surface area contributed by atoms with Crippen LogP contribution < -0.4 is 0 Å². The molecule has 2 unspecified atom stereocenters. The lowest BCUT2D eigenvalue weighted by Gasteiger charge is -2.39. The second-order valence-corrected chi connectivity index (χ2v) is 6.57. The molecule has 1 aromatic rings. The Bertz CT molecular complexity index is 633. The van der Waals surface area contributed by atoms with Crippen LogP contribution in [0.25, 0.3) is 0 Å². The maximum atomic E-state index is 13.7. The van der Waals surface area contributed by atoms with Gasteiger partial charge in [-0.1, -0.05) is 12.1 Å². The van der Waals surface area contributed by atoms with Crippen molar-refractivity contribution in [3.63, 3.8) is 0 Å². The molecule has 1 aromatic carbocycles. The number of morpholine rings is 1. The summed E-state index contributed by atoms with van der Waals surface area (Å²) in [7, 11) is 0. The molecule has 7 heteroatoms. The Morgan fingerprint density at radius 3 is 2.68 bits per heavy atom. The van der Waals surface area contributed by atoms with Crippen molar-refractivity contribution in [1.82, 2.24) is 9.80 Å². The molecule has 0 spiro atoms. The van der Waals surface area contributed by atoms with Crippen molar-refractivity contribution in [3.8, 4) is 0 Å². The van der Waals surface area contributed by atoms with Gasteiger partial charge in [-0.2, -0.15) is 0 Å². The molecule has 25 heavy (non-hydrogen) atoms. The van der Waals surface area contributed by atoms with Crippen molar-refractivity contribution in [1.29, 1.82) is 0 Å². The SMILES string of the molecule is O=C(O)C1CCCN(C(=O)C(c2cccc(F)c2)N2CCOCC2)C1. The Hall–Kier alpha value is -1.99. The lowest BCUT2D eigenvalue weighted by Crippen LogP contribution is -2.50. The molecule has 0 radical (unpaired) electrons. The summed E-state index contributed by atoms with van der Waals surface area (Å²) in [6, 6.07) is 5.48. The van der Waals surface area contributed by atoms with Crippen LogP contribution in [0.3, 0.4) is 0 Å². The highest BCUT2D eigenvalue weighted by atomic mass is 19.1. The van der Waals surface area contributed by atoms with Crippen LogP contribution in [0.4, 0.5) is 4.39 Å². The van der Waals surface area contributed by atoms with Gasteiger partial charge in [0.25, 0.3) is 0 Å². The van der Waals surface area contributed by atoms with Gasteiger partial charge in [-0.15, -0.1) is 0 Å². The van der Waals surface area contributed by atoms with E-state index in [0.29, 0.717) is 51.3 Å². The molecule has 2 aliphatic heterocycles. The van der Waals surface area contributed by atoms with E-state index in [4.69, 9.17) is 4.74 Å². The first-order valence-corrected chi connectivity index (χ1v) is 8.65. The number of aliphatic carboxylic acids is 1. The lowest BCUT2D eigenvalue weighted by atomic mass is 9.96. The number of hydrogen-bond donors (Lipinski definition) is 1. The zero-order valence-electron chi connectivity index (χ0n) is 14.1. The minimum Gasteiger partial charge on any atom is -0.481 e. The number of piperidine rings is 1. The summed E-state index contributed by atoms with van der Waals surface area (Å²) in [5, 5.41) is 9.26. The summed E-state index contributed by atoms with van der Waals surface area (Å²) >= 11 is 0. The average Bonchev–Trinajstić information content (AvgIpc) is 2.63.